The van der Waals surface area contributed by atoms with E-state index in [1.54, 1.807) is 0 Å². The van der Waals surface area contributed by atoms with E-state index in [1.165, 1.54) is 6.92 Å². The maximum Gasteiger partial charge on any atom is 0.382 e. The van der Waals surface area contributed by atoms with Crippen molar-refractivity contribution in [3.8, 4) is 0 Å². The van der Waals surface area contributed by atoms with E-state index in [0.29, 0.717) is 0 Å². The minimum atomic E-state index is -2.84. The van der Waals surface area contributed by atoms with Gasteiger partial charge < -0.3 is 10.1 Å². The van der Waals surface area contributed by atoms with Crippen LogP contribution < -0.4 is 0 Å². The van der Waals surface area contributed by atoms with Crippen molar-refractivity contribution in [2.75, 3.05) is 0 Å². The molecule has 0 aromatic carbocycles. The standard InChI is InChI=1S/C7H5ClF2N2O2/c1-3-2-4(8)7(12(13)14)11-5(3)6(9)10/h2,6H,1H3. The van der Waals surface area contributed by atoms with E-state index < -0.39 is 22.9 Å². The molecule has 0 aliphatic carbocycles. The smallest absolute Gasteiger partial charge is 0.358 e. The molecule has 0 fully saturated rings. The van der Waals surface area contributed by atoms with Gasteiger partial charge in [-0.1, -0.05) is 11.6 Å². The number of halogens is 3. The third kappa shape index (κ3) is 1.95. The first-order chi connectivity index (χ1) is 6.43. The molecule has 0 N–H and O–H groups in total. The maximum atomic E-state index is 12.3. The summed E-state index contributed by atoms with van der Waals surface area (Å²) in [5.41, 5.74) is -0.475. The fourth-order valence-electron chi connectivity index (χ4n) is 0.933. The van der Waals surface area contributed by atoms with Crippen LogP contribution in [0.5, 0.6) is 0 Å². The Morgan fingerprint density at radius 2 is 2.21 bits per heavy atom. The number of nitrogens with zero attached hydrogens (tertiary/aromatic N) is 2. The molecule has 7 heteroatoms. The van der Waals surface area contributed by atoms with E-state index in [1.807, 2.05) is 0 Å². The molecule has 1 heterocycles. The van der Waals surface area contributed by atoms with Crippen LogP contribution >= 0.6 is 11.6 Å². The first-order valence-electron chi connectivity index (χ1n) is 3.53. The van der Waals surface area contributed by atoms with Gasteiger partial charge in [-0.25, -0.2) is 8.78 Å². The molecule has 0 amide bonds. The highest BCUT2D eigenvalue weighted by Gasteiger charge is 2.24. The van der Waals surface area contributed by atoms with E-state index in [9.17, 15) is 18.9 Å². The average Bonchev–Trinajstić information content (AvgIpc) is 2.02. The number of aryl methyl sites for hydroxylation is 1. The Hall–Kier alpha value is -1.30. The SMILES string of the molecule is Cc1cc(Cl)c([N+](=O)[O-])nc1C(F)F. The molecule has 76 valence electrons. The summed E-state index contributed by atoms with van der Waals surface area (Å²) in [6, 6.07) is 1.11. The Balaban J connectivity index is 3.34. The first kappa shape index (κ1) is 10.8. The first-order valence-corrected chi connectivity index (χ1v) is 3.91. The van der Waals surface area contributed by atoms with Gasteiger partial charge in [0.15, 0.2) is 0 Å². The highest BCUT2D eigenvalue weighted by Crippen LogP contribution is 2.28. The van der Waals surface area contributed by atoms with Crippen molar-refractivity contribution in [1.29, 1.82) is 0 Å². The molecule has 0 saturated carbocycles. The lowest BCUT2D eigenvalue weighted by Crippen LogP contribution is -2.00. The summed E-state index contributed by atoms with van der Waals surface area (Å²) in [5.74, 6) is -0.743. The second-order valence-electron chi connectivity index (χ2n) is 2.55. The predicted octanol–water partition coefficient (Wildman–Crippen LogP) is 2.89. The van der Waals surface area contributed by atoms with Gasteiger partial charge >= 0.3 is 12.2 Å². The number of rotatable bonds is 2. The van der Waals surface area contributed by atoms with Crippen molar-refractivity contribution in [3.63, 3.8) is 0 Å². The highest BCUT2D eigenvalue weighted by molar-refractivity contribution is 6.32. The maximum absolute atomic E-state index is 12.3. The van der Waals surface area contributed by atoms with Crippen molar-refractivity contribution in [1.82, 2.24) is 4.98 Å². The monoisotopic (exact) mass is 222 g/mol. The van der Waals surface area contributed by atoms with Gasteiger partial charge in [0, 0.05) is 5.56 Å². The van der Waals surface area contributed by atoms with Gasteiger partial charge in [0.2, 0.25) is 5.69 Å². The summed E-state index contributed by atoms with van der Waals surface area (Å²) >= 11 is 5.45. The van der Waals surface area contributed by atoms with Gasteiger partial charge in [-0.15, -0.1) is 0 Å². The van der Waals surface area contributed by atoms with Crippen LogP contribution in [-0.2, 0) is 0 Å². The topological polar surface area (TPSA) is 56.0 Å². The van der Waals surface area contributed by atoms with Crippen LogP contribution in [0.3, 0.4) is 0 Å². The van der Waals surface area contributed by atoms with E-state index in [2.05, 4.69) is 4.98 Å². The molecular weight excluding hydrogens is 218 g/mol. The van der Waals surface area contributed by atoms with Crippen LogP contribution in [0.25, 0.3) is 0 Å². The Morgan fingerprint density at radius 3 is 2.64 bits per heavy atom. The molecule has 1 rings (SSSR count). The Labute approximate surface area is 82.7 Å². The molecule has 1 aromatic heterocycles. The van der Waals surface area contributed by atoms with Crippen LogP contribution in [0, 0.1) is 17.0 Å². The second-order valence-corrected chi connectivity index (χ2v) is 2.96. The van der Waals surface area contributed by atoms with Crippen LogP contribution in [0.1, 0.15) is 17.7 Å². The summed E-state index contributed by atoms with van der Waals surface area (Å²) in [7, 11) is 0. The summed E-state index contributed by atoms with van der Waals surface area (Å²) in [5, 5.41) is 10.1. The van der Waals surface area contributed by atoms with Crippen molar-refractivity contribution in [2.45, 2.75) is 13.3 Å². The van der Waals surface area contributed by atoms with Crippen molar-refractivity contribution in [2.24, 2.45) is 0 Å². The minimum Gasteiger partial charge on any atom is -0.358 e. The minimum absolute atomic E-state index is 0.135. The van der Waals surface area contributed by atoms with Gasteiger partial charge in [-0.3, -0.25) is 0 Å². The molecule has 0 radical (unpaired) electrons. The normalized spacial score (nSPS) is 10.6. The number of aromatic nitrogens is 1. The Morgan fingerprint density at radius 1 is 1.64 bits per heavy atom. The average molecular weight is 223 g/mol. The Kier molecular flexibility index (Phi) is 2.95. The Bertz CT molecular complexity index is 384. The van der Waals surface area contributed by atoms with Gasteiger partial charge in [0.05, 0.1) is 0 Å². The molecular formula is C7H5ClF2N2O2. The van der Waals surface area contributed by atoms with Gasteiger partial charge in [0.1, 0.15) is 5.02 Å². The van der Waals surface area contributed by atoms with Gasteiger partial charge in [0.25, 0.3) is 0 Å². The fraction of sp³-hybridized carbons (Fsp3) is 0.286. The zero-order chi connectivity index (χ0) is 10.9. The summed E-state index contributed by atoms with van der Waals surface area (Å²) in [4.78, 5) is 12.6. The summed E-state index contributed by atoms with van der Waals surface area (Å²) in [6.07, 6.45) is -2.84. The van der Waals surface area contributed by atoms with Crippen molar-refractivity contribution in [3.05, 3.63) is 32.5 Å². The lowest BCUT2D eigenvalue weighted by Gasteiger charge is -2.01. The fourth-order valence-corrected chi connectivity index (χ4v) is 1.21. The third-order valence-electron chi connectivity index (χ3n) is 1.57. The lowest BCUT2D eigenvalue weighted by molar-refractivity contribution is -0.389. The third-order valence-corrected chi connectivity index (χ3v) is 1.84. The molecule has 4 nitrogen and oxygen atoms in total. The van der Waals surface area contributed by atoms with Crippen molar-refractivity contribution >= 4 is 17.4 Å². The van der Waals surface area contributed by atoms with Gasteiger partial charge in [-0.05, 0) is 22.9 Å². The number of alkyl halides is 2. The largest absolute Gasteiger partial charge is 0.382 e. The molecule has 0 unspecified atom stereocenters. The second kappa shape index (κ2) is 3.83. The molecule has 1 aromatic rings. The molecule has 14 heavy (non-hydrogen) atoms. The van der Waals surface area contributed by atoms with E-state index in [0.717, 1.165) is 6.07 Å². The zero-order valence-corrected chi connectivity index (χ0v) is 7.76. The van der Waals surface area contributed by atoms with Crippen molar-refractivity contribution < 1.29 is 13.7 Å². The number of hydrogen-bond acceptors (Lipinski definition) is 3. The molecule has 0 atom stereocenters. The van der Waals surface area contributed by atoms with Crippen LogP contribution in [0.2, 0.25) is 5.02 Å². The number of nitro groups is 1. The zero-order valence-electron chi connectivity index (χ0n) is 7.00. The van der Waals surface area contributed by atoms with E-state index in [-0.39, 0.29) is 10.6 Å². The summed E-state index contributed by atoms with van der Waals surface area (Å²) in [6.45, 7) is 1.37. The molecule has 0 aliphatic rings. The summed E-state index contributed by atoms with van der Waals surface area (Å²) < 4.78 is 24.5. The lowest BCUT2D eigenvalue weighted by atomic mass is 10.2. The van der Waals surface area contributed by atoms with Gasteiger partial charge in [-0.2, -0.15) is 0 Å². The van der Waals surface area contributed by atoms with Crippen LogP contribution in [0.4, 0.5) is 14.6 Å². The quantitative estimate of drug-likeness (QED) is 0.571. The van der Waals surface area contributed by atoms with Crippen LogP contribution in [0.15, 0.2) is 6.07 Å². The molecule has 0 saturated heterocycles. The van der Waals surface area contributed by atoms with Crippen LogP contribution in [-0.4, -0.2) is 9.91 Å². The highest BCUT2D eigenvalue weighted by atomic mass is 35.5. The number of pyridine rings is 1. The van der Waals surface area contributed by atoms with E-state index >= 15 is 0 Å². The number of hydrogen-bond donors (Lipinski definition) is 0. The molecule has 0 spiro atoms. The van der Waals surface area contributed by atoms with E-state index in [4.69, 9.17) is 11.6 Å². The molecule has 0 bridgehead atoms. The predicted molar refractivity (Wildman–Crippen MR) is 45.6 cm³/mol. The molecule has 0 aliphatic heterocycles.